The number of hydrogen-bond donors (Lipinski definition) is 1. The van der Waals surface area contributed by atoms with Gasteiger partial charge >= 0.3 is 12.0 Å². The minimum Gasteiger partial charge on any atom is -0.481 e. The molecule has 0 saturated heterocycles. The molecule has 0 radical (unpaired) electrons. The highest BCUT2D eigenvalue weighted by Crippen LogP contribution is 2.18. The number of rotatable bonds is 5. The van der Waals surface area contributed by atoms with Gasteiger partial charge in [0.25, 0.3) is 0 Å². The maximum Gasteiger partial charge on any atom is 0.321 e. The fourth-order valence-electron chi connectivity index (χ4n) is 1.39. The molecular weight excluding hydrogens is 248 g/mol. The van der Waals surface area contributed by atoms with Crippen molar-refractivity contribution in [1.82, 2.24) is 9.97 Å². The number of ether oxygens (including phenoxy) is 1. The number of aliphatic carboxylic acids is 1. The first-order chi connectivity index (χ1) is 9.15. The molecule has 0 fully saturated rings. The van der Waals surface area contributed by atoms with Crippen LogP contribution in [0.4, 0.5) is 0 Å². The second kappa shape index (κ2) is 5.72. The van der Waals surface area contributed by atoms with Crippen LogP contribution in [0.3, 0.4) is 0 Å². The highest BCUT2D eigenvalue weighted by Gasteiger charge is 2.10. The van der Waals surface area contributed by atoms with Crippen LogP contribution in [0.15, 0.2) is 42.7 Å². The van der Waals surface area contributed by atoms with Crippen molar-refractivity contribution in [3.63, 3.8) is 0 Å². The average Bonchev–Trinajstić information content (AvgIpc) is 2.40. The van der Waals surface area contributed by atoms with Crippen LogP contribution in [0.2, 0.25) is 0 Å². The van der Waals surface area contributed by atoms with Crippen LogP contribution in [0.5, 0.6) is 11.8 Å². The Labute approximate surface area is 108 Å². The molecule has 2 aromatic rings. The number of aromatic nitrogens is 2. The topological polar surface area (TPSA) is 89.4 Å². The summed E-state index contributed by atoms with van der Waals surface area (Å²) in [5.41, 5.74) is 0.323. The molecule has 0 atom stereocenters. The number of carboxylic acid groups (broad SMARTS) is 1. The Hall–Kier alpha value is -2.76. The molecule has 1 aromatic carbocycles. The minimum absolute atomic E-state index is 0.201. The van der Waals surface area contributed by atoms with Gasteiger partial charge in [0.05, 0.1) is 0 Å². The van der Waals surface area contributed by atoms with Gasteiger partial charge < -0.3 is 9.84 Å². The summed E-state index contributed by atoms with van der Waals surface area (Å²) in [5.74, 6) is -1.13. The van der Waals surface area contributed by atoms with Crippen LogP contribution < -0.4 is 4.74 Å². The number of hydrogen-bond acceptors (Lipinski definition) is 5. The molecule has 2 rings (SSSR count). The summed E-state index contributed by atoms with van der Waals surface area (Å²) >= 11 is 0. The van der Waals surface area contributed by atoms with Crippen LogP contribution in [-0.4, -0.2) is 26.8 Å². The maximum absolute atomic E-state index is 11.5. The van der Waals surface area contributed by atoms with E-state index in [-0.39, 0.29) is 6.01 Å². The highest BCUT2D eigenvalue weighted by molar-refractivity contribution is 6.05. The van der Waals surface area contributed by atoms with Crippen molar-refractivity contribution < 1.29 is 19.4 Å². The molecule has 0 unspecified atom stereocenters. The van der Waals surface area contributed by atoms with Gasteiger partial charge in [-0.05, 0) is 30.3 Å². The van der Waals surface area contributed by atoms with Crippen molar-refractivity contribution >= 4 is 11.8 Å². The summed E-state index contributed by atoms with van der Waals surface area (Å²) < 4.78 is 5.34. The molecule has 0 bridgehead atoms. The molecule has 0 aliphatic carbocycles. The summed E-state index contributed by atoms with van der Waals surface area (Å²) in [6.45, 7) is 0. The third kappa shape index (κ3) is 3.60. The Bertz CT molecular complexity index is 581. The van der Waals surface area contributed by atoms with Gasteiger partial charge in [0.1, 0.15) is 12.2 Å². The van der Waals surface area contributed by atoms with E-state index < -0.39 is 18.2 Å². The summed E-state index contributed by atoms with van der Waals surface area (Å²) in [6.07, 6.45) is 2.57. The highest BCUT2D eigenvalue weighted by atomic mass is 16.5. The lowest BCUT2D eigenvalue weighted by Crippen LogP contribution is -2.06. The number of carbonyl (C=O) groups excluding carboxylic acids is 1. The van der Waals surface area contributed by atoms with Gasteiger partial charge in [0, 0.05) is 18.0 Å². The van der Waals surface area contributed by atoms with E-state index in [2.05, 4.69) is 9.97 Å². The predicted molar refractivity (Wildman–Crippen MR) is 65.1 cm³/mol. The second-order valence-corrected chi connectivity index (χ2v) is 3.65. The normalized spacial score (nSPS) is 9.89. The van der Waals surface area contributed by atoms with Crippen molar-refractivity contribution in [3.05, 3.63) is 48.3 Å². The second-order valence-electron chi connectivity index (χ2n) is 3.65. The summed E-state index contributed by atoms with van der Waals surface area (Å²) in [4.78, 5) is 29.7. The summed E-state index contributed by atoms with van der Waals surface area (Å²) in [5, 5.41) is 8.53. The number of Topliss-reactive ketones (excluding diaryl/α,β-unsaturated/α-hetero) is 1. The quantitative estimate of drug-likeness (QED) is 0.651. The van der Waals surface area contributed by atoms with Crippen molar-refractivity contribution in [2.24, 2.45) is 0 Å². The minimum atomic E-state index is -1.15. The molecule has 0 amide bonds. The molecule has 1 heterocycles. The van der Waals surface area contributed by atoms with E-state index in [1.807, 2.05) is 0 Å². The van der Waals surface area contributed by atoms with Crippen LogP contribution >= 0.6 is 0 Å². The largest absolute Gasteiger partial charge is 0.481 e. The fourth-order valence-corrected chi connectivity index (χ4v) is 1.39. The standard InChI is InChI=1S/C13H10N2O4/c16-11(8-12(17)18)9-2-4-10(5-3-9)19-13-14-6-1-7-15-13/h1-7H,8H2,(H,17,18). The molecule has 1 aromatic heterocycles. The lowest BCUT2D eigenvalue weighted by atomic mass is 10.1. The van der Waals surface area contributed by atoms with Gasteiger partial charge in [-0.1, -0.05) is 0 Å². The lowest BCUT2D eigenvalue weighted by molar-refractivity contribution is -0.135. The van der Waals surface area contributed by atoms with Crippen molar-refractivity contribution in [2.75, 3.05) is 0 Å². The maximum atomic E-state index is 11.5. The van der Waals surface area contributed by atoms with Crippen LogP contribution in [-0.2, 0) is 4.79 Å². The van der Waals surface area contributed by atoms with Crippen molar-refractivity contribution in [1.29, 1.82) is 0 Å². The Morgan fingerprint density at radius 3 is 2.32 bits per heavy atom. The van der Waals surface area contributed by atoms with Gasteiger partial charge in [-0.2, -0.15) is 0 Å². The van der Waals surface area contributed by atoms with Crippen LogP contribution in [0, 0.1) is 0 Å². The Balaban J connectivity index is 2.06. The molecule has 0 aliphatic heterocycles. The van der Waals surface area contributed by atoms with E-state index in [4.69, 9.17) is 9.84 Å². The molecule has 19 heavy (non-hydrogen) atoms. The number of benzene rings is 1. The molecule has 0 aliphatic rings. The Kier molecular flexibility index (Phi) is 3.82. The molecule has 0 saturated carbocycles. The van der Waals surface area contributed by atoms with Crippen LogP contribution in [0.1, 0.15) is 16.8 Å². The van der Waals surface area contributed by atoms with E-state index in [1.54, 1.807) is 30.6 Å². The first-order valence-corrected chi connectivity index (χ1v) is 5.45. The van der Waals surface area contributed by atoms with E-state index in [1.165, 1.54) is 12.1 Å². The summed E-state index contributed by atoms with van der Waals surface area (Å²) in [7, 11) is 0. The number of ketones is 1. The first kappa shape index (κ1) is 12.7. The van der Waals surface area contributed by atoms with Crippen molar-refractivity contribution in [3.8, 4) is 11.8 Å². The van der Waals surface area contributed by atoms with Gasteiger partial charge in [0.15, 0.2) is 5.78 Å². The lowest BCUT2D eigenvalue weighted by Gasteiger charge is -2.03. The van der Waals surface area contributed by atoms with Gasteiger partial charge in [-0.3, -0.25) is 9.59 Å². The molecule has 96 valence electrons. The van der Waals surface area contributed by atoms with Crippen molar-refractivity contribution in [2.45, 2.75) is 6.42 Å². The zero-order chi connectivity index (χ0) is 13.7. The molecule has 1 N–H and O–H groups in total. The SMILES string of the molecule is O=C(O)CC(=O)c1ccc(Oc2ncccn2)cc1. The van der Waals surface area contributed by atoms with E-state index in [0.29, 0.717) is 11.3 Å². The Morgan fingerprint density at radius 1 is 1.11 bits per heavy atom. The van der Waals surface area contributed by atoms with E-state index >= 15 is 0 Å². The number of nitrogens with zero attached hydrogens (tertiary/aromatic N) is 2. The fraction of sp³-hybridized carbons (Fsp3) is 0.0769. The number of carboxylic acids is 1. The molecule has 6 nitrogen and oxygen atoms in total. The van der Waals surface area contributed by atoms with Crippen LogP contribution in [0.25, 0.3) is 0 Å². The Morgan fingerprint density at radius 2 is 1.74 bits per heavy atom. The third-order valence-corrected chi connectivity index (χ3v) is 2.24. The first-order valence-electron chi connectivity index (χ1n) is 5.45. The van der Waals surface area contributed by atoms with E-state index in [0.717, 1.165) is 0 Å². The zero-order valence-corrected chi connectivity index (χ0v) is 9.81. The molecule has 6 heteroatoms. The predicted octanol–water partition coefficient (Wildman–Crippen LogP) is 1.93. The monoisotopic (exact) mass is 258 g/mol. The zero-order valence-electron chi connectivity index (χ0n) is 9.81. The summed E-state index contributed by atoms with van der Waals surface area (Å²) in [6, 6.07) is 8.00. The van der Waals surface area contributed by atoms with Gasteiger partial charge in [0.2, 0.25) is 0 Å². The van der Waals surface area contributed by atoms with Gasteiger partial charge in [-0.25, -0.2) is 9.97 Å². The molecule has 0 spiro atoms. The average molecular weight is 258 g/mol. The van der Waals surface area contributed by atoms with Gasteiger partial charge in [-0.15, -0.1) is 0 Å². The smallest absolute Gasteiger partial charge is 0.321 e. The van der Waals surface area contributed by atoms with E-state index in [9.17, 15) is 9.59 Å². The molecular formula is C13H10N2O4. The number of carbonyl (C=O) groups is 2. The third-order valence-electron chi connectivity index (χ3n) is 2.24.